The number of amides is 1. The Morgan fingerprint density at radius 3 is 2.21 bits per heavy atom. The number of alkyl halides is 3. The Labute approximate surface area is 197 Å². The van der Waals surface area contributed by atoms with Gasteiger partial charge in [-0.2, -0.15) is 13.2 Å². The number of methoxy groups -OCH3 is 2. The maximum atomic E-state index is 13.0. The maximum Gasteiger partial charge on any atom is 0.416 e. The third-order valence-corrected chi connectivity index (χ3v) is 6.56. The predicted molar refractivity (Wildman–Crippen MR) is 122 cm³/mol. The highest BCUT2D eigenvalue weighted by Crippen LogP contribution is 2.33. The van der Waals surface area contributed by atoms with Crippen LogP contribution in [0.15, 0.2) is 36.4 Å². The molecule has 6 nitrogen and oxygen atoms in total. The highest BCUT2D eigenvalue weighted by atomic mass is 19.4. The van der Waals surface area contributed by atoms with Crippen LogP contribution in [-0.4, -0.2) is 74.1 Å². The van der Waals surface area contributed by atoms with Crippen LogP contribution in [0.5, 0.6) is 11.5 Å². The van der Waals surface area contributed by atoms with Crippen LogP contribution < -0.4 is 9.47 Å². The van der Waals surface area contributed by atoms with Gasteiger partial charge in [-0.05, 0) is 41.3 Å². The van der Waals surface area contributed by atoms with Gasteiger partial charge in [-0.3, -0.25) is 14.6 Å². The van der Waals surface area contributed by atoms with Crippen LogP contribution in [0.2, 0.25) is 0 Å². The van der Waals surface area contributed by atoms with Crippen LogP contribution >= 0.6 is 0 Å². The van der Waals surface area contributed by atoms with Crippen molar-refractivity contribution < 1.29 is 27.4 Å². The molecule has 9 heteroatoms. The number of halogens is 3. The summed E-state index contributed by atoms with van der Waals surface area (Å²) in [7, 11) is 3.21. The summed E-state index contributed by atoms with van der Waals surface area (Å²) in [6.45, 7) is 4.87. The van der Waals surface area contributed by atoms with Gasteiger partial charge in [-0.25, -0.2) is 0 Å². The molecule has 34 heavy (non-hydrogen) atoms. The number of hydrogen-bond acceptors (Lipinski definition) is 5. The van der Waals surface area contributed by atoms with Crippen molar-refractivity contribution in [3.8, 4) is 11.5 Å². The summed E-state index contributed by atoms with van der Waals surface area (Å²) in [5, 5.41) is 0. The van der Waals surface area contributed by atoms with Crippen molar-refractivity contribution in [3.63, 3.8) is 0 Å². The Hall–Kier alpha value is -2.78. The average Bonchev–Trinajstić information content (AvgIpc) is 2.83. The van der Waals surface area contributed by atoms with E-state index >= 15 is 0 Å². The number of piperazine rings is 1. The van der Waals surface area contributed by atoms with Gasteiger partial charge < -0.3 is 14.4 Å². The molecule has 2 aromatic carbocycles. The van der Waals surface area contributed by atoms with E-state index in [1.54, 1.807) is 20.3 Å². The molecule has 0 bridgehead atoms. The largest absolute Gasteiger partial charge is 0.493 e. The molecule has 0 N–H and O–H groups in total. The van der Waals surface area contributed by atoms with Crippen LogP contribution in [0.4, 0.5) is 13.2 Å². The second kappa shape index (κ2) is 10.2. The van der Waals surface area contributed by atoms with Crippen LogP contribution in [0, 0.1) is 0 Å². The molecule has 0 saturated carbocycles. The maximum absolute atomic E-state index is 13.0. The fraction of sp³-hybridized carbons (Fsp3) is 0.480. The summed E-state index contributed by atoms with van der Waals surface area (Å²) in [5.41, 5.74) is 2.28. The zero-order chi connectivity index (χ0) is 24.3. The van der Waals surface area contributed by atoms with E-state index in [1.165, 1.54) is 17.7 Å². The summed E-state index contributed by atoms with van der Waals surface area (Å²) in [6, 6.07) is 9.42. The van der Waals surface area contributed by atoms with Gasteiger partial charge >= 0.3 is 6.18 Å². The molecule has 2 aliphatic heterocycles. The quantitative estimate of drug-likeness (QED) is 0.638. The zero-order valence-corrected chi connectivity index (χ0v) is 19.5. The van der Waals surface area contributed by atoms with Crippen LogP contribution in [-0.2, 0) is 30.5 Å². The van der Waals surface area contributed by atoms with Crippen LogP contribution in [0.3, 0.4) is 0 Å². The second-order valence-electron chi connectivity index (χ2n) is 8.79. The summed E-state index contributed by atoms with van der Waals surface area (Å²) in [4.78, 5) is 19.1. The lowest BCUT2D eigenvalue weighted by Gasteiger charge is -2.36. The van der Waals surface area contributed by atoms with Gasteiger partial charge in [0.25, 0.3) is 0 Å². The minimum absolute atomic E-state index is 0.0896. The molecule has 0 aliphatic carbocycles. The molecular formula is C25H30F3N3O3. The number of carbonyl (C=O) groups excluding carboxylic acids is 1. The molecule has 0 spiro atoms. The summed E-state index contributed by atoms with van der Waals surface area (Å²) in [6.07, 6.45) is -3.56. The lowest BCUT2D eigenvalue weighted by Crippen LogP contribution is -2.50. The molecule has 0 aromatic heterocycles. The molecule has 2 heterocycles. The van der Waals surface area contributed by atoms with Crippen molar-refractivity contribution in [2.45, 2.75) is 25.7 Å². The lowest BCUT2D eigenvalue weighted by atomic mass is 9.98. The topological polar surface area (TPSA) is 45.3 Å². The molecular weight excluding hydrogens is 447 g/mol. The summed E-state index contributed by atoms with van der Waals surface area (Å²) in [5.74, 6) is 1.45. The van der Waals surface area contributed by atoms with E-state index in [2.05, 4.69) is 9.80 Å². The predicted octanol–water partition coefficient (Wildman–Crippen LogP) is 3.43. The summed E-state index contributed by atoms with van der Waals surface area (Å²) >= 11 is 0. The van der Waals surface area contributed by atoms with E-state index in [9.17, 15) is 18.0 Å². The number of rotatable bonds is 6. The van der Waals surface area contributed by atoms with Crippen molar-refractivity contribution >= 4 is 5.91 Å². The standard InChI is InChI=1S/C25H30F3N3O3/c1-33-22-13-19-6-7-31(16-20(19)14-23(22)34-2)24(32)17-30-10-8-29(9-11-30)15-18-4-3-5-21(12-18)25(26,27)28/h3-5,12-14H,6-11,15-17H2,1-2H3. The molecule has 0 atom stereocenters. The Kier molecular flexibility index (Phi) is 7.33. The normalized spacial score (nSPS) is 17.4. The van der Waals surface area contributed by atoms with E-state index in [-0.39, 0.29) is 5.91 Å². The van der Waals surface area contributed by atoms with Crippen molar-refractivity contribution in [2.24, 2.45) is 0 Å². The Balaban J connectivity index is 1.28. The first-order valence-electron chi connectivity index (χ1n) is 11.4. The number of benzene rings is 2. The SMILES string of the molecule is COc1cc2c(cc1OC)CN(C(=O)CN1CCN(Cc3cccc(C(F)(F)F)c3)CC1)CC2. The smallest absolute Gasteiger partial charge is 0.416 e. The first-order chi connectivity index (χ1) is 16.3. The Bertz CT molecular complexity index is 1020. The van der Waals surface area contributed by atoms with Crippen molar-refractivity contribution in [1.29, 1.82) is 0 Å². The second-order valence-corrected chi connectivity index (χ2v) is 8.79. The fourth-order valence-corrected chi connectivity index (χ4v) is 4.60. The third-order valence-electron chi connectivity index (χ3n) is 6.56. The van der Waals surface area contributed by atoms with E-state index < -0.39 is 11.7 Å². The van der Waals surface area contributed by atoms with Crippen molar-refractivity contribution in [3.05, 3.63) is 58.7 Å². The molecule has 1 amide bonds. The summed E-state index contributed by atoms with van der Waals surface area (Å²) < 4.78 is 49.7. The zero-order valence-electron chi connectivity index (χ0n) is 19.5. The average molecular weight is 478 g/mol. The number of nitrogens with zero attached hydrogens (tertiary/aromatic N) is 3. The van der Waals surface area contributed by atoms with Gasteiger partial charge in [0.2, 0.25) is 5.91 Å². The van der Waals surface area contributed by atoms with Crippen LogP contribution in [0.1, 0.15) is 22.3 Å². The van der Waals surface area contributed by atoms with E-state index in [1.807, 2.05) is 17.0 Å². The minimum atomic E-state index is -4.33. The van der Waals surface area contributed by atoms with Gasteiger partial charge in [0, 0.05) is 45.8 Å². The fourth-order valence-electron chi connectivity index (χ4n) is 4.60. The van der Waals surface area contributed by atoms with Gasteiger partial charge in [0.05, 0.1) is 26.3 Å². The van der Waals surface area contributed by atoms with Gasteiger partial charge in [-0.15, -0.1) is 0 Å². The van der Waals surface area contributed by atoms with E-state index in [4.69, 9.17) is 9.47 Å². The van der Waals surface area contributed by atoms with Gasteiger partial charge in [-0.1, -0.05) is 18.2 Å². The highest BCUT2D eigenvalue weighted by molar-refractivity contribution is 5.78. The van der Waals surface area contributed by atoms with E-state index in [0.29, 0.717) is 69.4 Å². The molecule has 4 rings (SSSR count). The van der Waals surface area contributed by atoms with Gasteiger partial charge in [0.15, 0.2) is 11.5 Å². The van der Waals surface area contributed by atoms with Gasteiger partial charge in [0.1, 0.15) is 0 Å². The monoisotopic (exact) mass is 477 g/mol. The molecule has 1 saturated heterocycles. The Morgan fingerprint density at radius 1 is 0.912 bits per heavy atom. The van der Waals surface area contributed by atoms with Crippen LogP contribution in [0.25, 0.3) is 0 Å². The molecule has 2 aliphatic rings. The number of fused-ring (bicyclic) bond motifs is 1. The van der Waals surface area contributed by atoms with Crippen molar-refractivity contribution in [1.82, 2.24) is 14.7 Å². The minimum Gasteiger partial charge on any atom is -0.493 e. The Morgan fingerprint density at radius 2 is 1.56 bits per heavy atom. The first-order valence-corrected chi connectivity index (χ1v) is 11.4. The number of carbonyl (C=O) groups is 1. The number of hydrogen-bond donors (Lipinski definition) is 0. The lowest BCUT2D eigenvalue weighted by molar-refractivity contribution is -0.137. The molecule has 2 aromatic rings. The molecule has 184 valence electrons. The molecule has 1 fully saturated rings. The highest BCUT2D eigenvalue weighted by Gasteiger charge is 2.31. The first kappa shape index (κ1) is 24.3. The van der Waals surface area contributed by atoms with E-state index in [0.717, 1.165) is 18.1 Å². The third kappa shape index (κ3) is 5.64. The van der Waals surface area contributed by atoms with Crippen molar-refractivity contribution in [2.75, 3.05) is 53.5 Å². The molecule has 0 unspecified atom stereocenters. The number of ether oxygens (including phenoxy) is 2. The molecule has 0 radical (unpaired) electrons.